The summed E-state index contributed by atoms with van der Waals surface area (Å²) in [4.78, 5) is 12.1. The molecule has 1 N–H and O–H groups in total. The first-order chi connectivity index (χ1) is 12.7. The van der Waals surface area contributed by atoms with Crippen LogP contribution in [0.25, 0.3) is 11.3 Å². The van der Waals surface area contributed by atoms with Crippen LogP contribution in [0.3, 0.4) is 0 Å². The first-order valence-electron chi connectivity index (χ1n) is 8.12. The summed E-state index contributed by atoms with van der Waals surface area (Å²) < 4.78 is 5.35. The van der Waals surface area contributed by atoms with E-state index in [1.807, 2.05) is 67.6 Å². The predicted octanol–water partition coefficient (Wildman–Crippen LogP) is 4.19. The number of methoxy groups -OCH3 is 1. The van der Waals surface area contributed by atoms with Gasteiger partial charge in [0.25, 0.3) is 0 Å². The molecule has 1 amide bonds. The molecule has 0 aliphatic rings. The molecule has 1 heterocycles. The van der Waals surface area contributed by atoms with Crippen molar-refractivity contribution in [1.82, 2.24) is 10.2 Å². The summed E-state index contributed by atoms with van der Waals surface area (Å²) in [5, 5.41) is 12.0. The molecule has 0 bridgehead atoms. The van der Waals surface area contributed by atoms with Crippen molar-refractivity contribution in [3.63, 3.8) is 0 Å². The minimum absolute atomic E-state index is 0.0730. The van der Waals surface area contributed by atoms with Crippen LogP contribution in [0.15, 0.2) is 65.7 Å². The lowest BCUT2D eigenvalue weighted by Crippen LogP contribution is -2.14. The maximum absolute atomic E-state index is 12.1. The molecule has 5 nitrogen and oxygen atoms in total. The van der Waals surface area contributed by atoms with E-state index in [-0.39, 0.29) is 11.7 Å². The number of amides is 1. The lowest BCUT2D eigenvalue weighted by atomic mass is 10.1. The molecule has 0 saturated carbocycles. The van der Waals surface area contributed by atoms with Crippen LogP contribution in [0.4, 0.5) is 5.69 Å². The molecule has 132 valence electrons. The first-order valence-corrected chi connectivity index (χ1v) is 9.11. The molecule has 0 fully saturated rings. The Hall–Kier alpha value is -2.86. The molecule has 3 aromatic rings. The highest BCUT2D eigenvalue weighted by atomic mass is 32.2. The minimum atomic E-state index is -0.0730. The van der Waals surface area contributed by atoms with E-state index >= 15 is 0 Å². The Morgan fingerprint density at radius 2 is 1.92 bits per heavy atom. The first kappa shape index (κ1) is 17.9. The molecule has 0 saturated heterocycles. The number of rotatable bonds is 6. The van der Waals surface area contributed by atoms with Crippen molar-refractivity contribution in [3.05, 3.63) is 66.2 Å². The van der Waals surface area contributed by atoms with Crippen LogP contribution in [-0.4, -0.2) is 29.0 Å². The number of benzene rings is 2. The molecule has 26 heavy (non-hydrogen) atoms. The highest BCUT2D eigenvalue weighted by Gasteiger charge is 2.09. The van der Waals surface area contributed by atoms with Crippen LogP contribution in [0.2, 0.25) is 0 Å². The second kappa shape index (κ2) is 8.49. The quantitative estimate of drug-likeness (QED) is 0.664. The molecule has 0 aliphatic heterocycles. The smallest absolute Gasteiger partial charge is 0.234 e. The zero-order valence-electron chi connectivity index (χ0n) is 14.6. The van der Waals surface area contributed by atoms with Gasteiger partial charge in [-0.3, -0.25) is 4.79 Å². The third-order valence-corrected chi connectivity index (χ3v) is 4.60. The van der Waals surface area contributed by atoms with Crippen LogP contribution in [0.5, 0.6) is 5.75 Å². The van der Waals surface area contributed by atoms with Gasteiger partial charge in [-0.15, -0.1) is 10.2 Å². The number of anilines is 1. The zero-order chi connectivity index (χ0) is 18.4. The number of carbonyl (C=O) groups is 1. The maximum atomic E-state index is 12.1. The largest absolute Gasteiger partial charge is 0.496 e. The number of thioether (sulfide) groups is 1. The number of nitrogens with zero attached hydrogens (tertiary/aromatic N) is 2. The number of para-hydroxylation sites is 1. The molecule has 0 aliphatic carbocycles. The van der Waals surface area contributed by atoms with Crippen LogP contribution < -0.4 is 10.1 Å². The molecule has 2 aromatic carbocycles. The number of aryl methyl sites for hydroxylation is 1. The number of hydrogen-bond acceptors (Lipinski definition) is 5. The van der Waals surface area contributed by atoms with Crippen LogP contribution >= 0.6 is 11.8 Å². The number of carbonyl (C=O) groups excluding carboxylic acids is 1. The Kier molecular flexibility index (Phi) is 5.86. The van der Waals surface area contributed by atoms with Gasteiger partial charge in [-0.05, 0) is 48.9 Å². The summed E-state index contributed by atoms with van der Waals surface area (Å²) in [5.41, 5.74) is 3.52. The molecule has 0 radical (unpaired) electrons. The average molecular weight is 365 g/mol. The van der Waals surface area contributed by atoms with E-state index in [2.05, 4.69) is 15.5 Å². The fourth-order valence-electron chi connectivity index (χ4n) is 2.46. The van der Waals surface area contributed by atoms with Crippen LogP contribution in [0.1, 0.15) is 5.56 Å². The van der Waals surface area contributed by atoms with Crippen molar-refractivity contribution in [3.8, 4) is 17.0 Å². The van der Waals surface area contributed by atoms with Crippen molar-refractivity contribution in [1.29, 1.82) is 0 Å². The fourth-order valence-corrected chi connectivity index (χ4v) is 3.07. The highest BCUT2D eigenvalue weighted by molar-refractivity contribution is 7.99. The van der Waals surface area contributed by atoms with Gasteiger partial charge >= 0.3 is 0 Å². The molecular weight excluding hydrogens is 346 g/mol. The standard InChI is InChI=1S/C20H19N3O2S/c1-14-6-5-7-15(12-14)21-19(24)13-26-20-11-10-17(22-23-20)16-8-3-4-9-18(16)25-2/h3-12H,13H2,1-2H3,(H,21,24). The fraction of sp³-hybridized carbons (Fsp3) is 0.150. The van der Waals surface area contributed by atoms with Crippen LogP contribution in [-0.2, 0) is 4.79 Å². The highest BCUT2D eigenvalue weighted by Crippen LogP contribution is 2.28. The third kappa shape index (κ3) is 4.61. The van der Waals surface area contributed by atoms with Gasteiger partial charge in [0.2, 0.25) is 5.91 Å². The van der Waals surface area contributed by atoms with Gasteiger partial charge in [0, 0.05) is 11.3 Å². The summed E-state index contributed by atoms with van der Waals surface area (Å²) >= 11 is 1.35. The van der Waals surface area contributed by atoms with E-state index in [1.54, 1.807) is 7.11 Å². The summed E-state index contributed by atoms with van der Waals surface area (Å²) in [7, 11) is 1.63. The second-order valence-corrected chi connectivity index (χ2v) is 6.66. The number of hydrogen-bond donors (Lipinski definition) is 1. The Morgan fingerprint density at radius 3 is 2.65 bits per heavy atom. The molecule has 0 spiro atoms. The van der Waals surface area contributed by atoms with E-state index in [1.165, 1.54) is 11.8 Å². The predicted molar refractivity (Wildman–Crippen MR) is 105 cm³/mol. The Labute approximate surface area is 156 Å². The monoisotopic (exact) mass is 365 g/mol. The van der Waals surface area contributed by atoms with Gasteiger partial charge < -0.3 is 10.1 Å². The van der Waals surface area contributed by atoms with Crippen LogP contribution in [0, 0.1) is 6.92 Å². The SMILES string of the molecule is COc1ccccc1-c1ccc(SCC(=O)Nc2cccc(C)c2)nn1. The van der Waals surface area contributed by atoms with Gasteiger partial charge in [0.1, 0.15) is 10.8 Å². The number of ether oxygens (including phenoxy) is 1. The normalized spacial score (nSPS) is 10.4. The molecular formula is C20H19N3O2S. The van der Waals surface area contributed by atoms with E-state index in [4.69, 9.17) is 4.74 Å². The lowest BCUT2D eigenvalue weighted by Gasteiger charge is -2.08. The maximum Gasteiger partial charge on any atom is 0.234 e. The minimum Gasteiger partial charge on any atom is -0.496 e. The molecule has 0 unspecified atom stereocenters. The van der Waals surface area contributed by atoms with Crippen molar-refractivity contribution in [2.24, 2.45) is 0 Å². The van der Waals surface area contributed by atoms with Gasteiger partial charge in [-0.2, -0.15) is 0 Å². The molecule has 1 aromatic heterocycles. The van der Waals surface area contributed by atoms with Gasteiger partial charge in [-0.1, -0.05) is 36.0 Å². The zero-order valence-corrected chi connectivity index (χ0v) is 15.4. The summed E-state index contributed by atoms with van der Waals surface area (Å²) in [6.07, 6.45) is 0. The summed E-state index contributed by atoms with van der Waals surface area (Å²) in [5.74, 6) is 0.951. The van der Waals surface area contributed by atoms with E-state index in [0.717, 1.165) is 28.3 Å². The van der Waals surface area contributed by atoms with Gasteiger partial charge in [-0.25, -0.2) is 0 Å². The molecule has 0 atom stereocenters. The van der Waals surface area contributed by atoms with E-state index in [9.17, 15) is 4.79 Å². The molecule has 3 rings (SSSR count). The Morgan fingerprint density at radius 1 is 1.08 bits per heavy atom. The Balaban J connectivity index is 1.60. The van der Waals surface area contributed by atoms with Crippen molar-refractivity contribution in [2.75, 3.05) is 18.2 Å². The average Bonchev–Trinajstić information content (AvgIpc) is 2.67. The van der Waals surface area contributed by atoms with Crippen molar-refractivity contribution >= 4 is 23.4 Å². The van der Waals surface area contributed by atoms with E-state index < -0.39 is 0 Å². The van der Waals surface area contributed by atoms with E-state index in [0.29, 0.717) is 5.03 Å². The third-order valence-electron chi connectivity index (χ3n) is 3.68. The summed E-state index contributed by atoms with van der Waals surface area (Å²) in [6, 6.07) is 19.1. The van der Waals surface area contributed by atoms with Crippen molar-refractivity contribution < 1.29 is 9.53 Å². The Bertz CT molecular complexity index is 898. The number of aromatic nitrogens is 2. The lowest BCUT2D eigenvalue weighted by molar-refractivity contribution is -0.113. The summed E-state index contributed by atoms with van der Waals surface area (Å²) in [6.45, 7) is 1.99. The number of nitrogens with one attached hydrogen (secondary N) is 1. The topological polar surface area (TPSA) is 64.1 Å². The molecule has 6 heteroatoms. The van der Waals surface area contributed by atoms with Gasteiger partial charge in [0.15, 0.2) is 0 Å². The van der Waals surface area contributed by atoms with Crippen molar-refractivity contribution in [2.45, 2.75) is 11.9 Å². The van der Waals surface area contributed by atoms with Gasteiger partial charge in [0.05, 0.1) is 18.6 Å². The second-order valence-electron chi connectivity index (χ2n) is 5.66.